The second-order valence-electron chi connectivity index (χ2n) is 4.61. The van der Waals surface area contributed by atoms with E-state index in [2.05, 4.69) is 5.32 Å². The molecule has 17 heavy (non-hydrogen) atoms. The Morgan fingerprint density at radius 3 is 2.76 bits per heavy atom. The molecule has 0 saturated heterocycles. The van der Waals surface area contributed by atoms with Crippen LogP contribution in [-0.4, -0.2) is 24.2 Å². The number of hydrogen-bond acceptors (Lipinski definition) is 2. The van der Waals surface area contributed by atoms with Crippen LogP contribution >= 0.6 is 11.6 Å². The van der Waals surface area contributed by atoms with Gasteiger partial charge < -0.3 is 10.4 Å². The van der Waals surface area contributed by atoms with Crippen LogP contribution in [0.25, 0.3) is 0 Å². The van der Waals surface area contributed by atoms with Crippen LogP contribution in [0.3, 0.4) is 0 Å². The van der Waals surface area contributed by atoms with E-state index < -0.39 is 17.1 Å². The fourth-order valence-electron chi connectivity index (χ4n) is 1.15. The van der Waals surface area contributed by atoms with Gasteiger partial charge in [-0.3, -0.25) is 4.79 Å². The number of benzene rings is 1. The molecule has 0 bridgehead atoms. The molecule has 1 amide bonds. The van der Waals surface area contributed by atoms with Gasteiger partial charge in [0.05, 0.1) is 10.6 Å². The number of nitrogens with one attached hydrogen (secondary N) is 1. The minimum Gasteiger partial charge on any atom is -0.396 e. The summed E-state index contributed by atoms with van der Waals surface area (Å²) < 4.78 is 13.1. The van der Waals surface area contributed by atoms with Crippen LogP contribution in [0.2, 0.25) is 5.02 Å². The van der Waals surface area contributed by atoms with Crippen molar-refractivity contribution in [2.24, 2.45) is 5.41 Å². The number of aliphatic hydroxyl groups excluding tert-OH is 1. The van der Waals surface area contributed by atoms with E-state index >= 15 is 0 Å². The minimum absolute atomic E-state index is 0.0514. The number of aliphatic hydroxyl groups is 1. The maximum absolute atomic E-state index is 13.1. The van der Waals surface area contributed by atoms with Gasteiger partial charge in [0.2, 0.25) is 0 Å². The van der Waals surface area contributed by atoms with Crippen molar-refractivity contribution >= 4 is 17.5 Å². The Balaban J connectivity index is 2.74. The van der Waals surface area contributed by atoms with Gasteiger partial charge in [0.15, 0.2) is 0 Å². The molecule has 0 atom stereocenters. The molecule has 1 aromatic rings. The van der Waals surface area contributed by atoms with Crippen molar-refractivity contribution in [3.63, 3.8) is 0 Å². The van der Waals surface area contributed by atoms with E-state index in [1.165, 1.54) is 18.2 Å². The Labute approximate surface area is 105 Å². The Morgan fingerprint density at radius 2 is 2.18 bits per heavy atom. The molecule has 0 aliphatic carbocycles. The highest BCUT2D eigenvalue weighted by molar-refractivity contribution is 6.34. The molecule has 0 radical (unpaired) electrons. The van der Waals surface area contributed by atoms with Gasteiger partial charge in [-0.1, -0.05) is 31.5 Å². The lowest BCUT2D eigenvalue weighted by atomic mass is 9.95. The van der Waals surface area contributed by atoms with Gasteiger partial charge in [0.25, 0.3) is 5.91 Å². The van der Waals surface area contributed by atoms with Crippen LogP contribution in [0.4, 0.5) is 4.39 Å². The van der Waals surface area contributed by atoms with E-state index in [9.17, 15) is 9.18 Å². The van der Waals surface area contributed by atoms with Crippen molar-refractivity contribution in [3.05, 3.63) is 34.6 Å². The van der Waals surface area contributed by atoms with E-state index in [0.29, 0.717) is 0 Å². The summed E-state index contributed by atoms with van der Waals surface area (Å²) in [5.41, 5.74) is -0.324. The molecule has 3 nitrogen and oxygen atoms in total. The van der Waals surface area contributed by atoms with Gasteiger partial charge in [0, 0.05) is 18.6 Å². The fourth-order valence-corrected chi connectivity index (χ4v) is 1.36. The molecule has 0 aromatic heterocycles. The Hall–Kier alpha value is -1.13. The first-order valence-electron chi connectivity index (χ1n) is 5.20. The van der Waals surface area contributed by atoms with E-state index in [4.69, 9.17) is 16.7 Å². The van der Waals surface area contributed by atoms with Crippen molar-refractivity contribution < 1.29 is 14.3 Å². The van der Waals surface area contributed by atoms with Crippen LogP contribution < -0.4 is 5.32 Å². The maximum atomic E-state index is 13.1. The molecular formula is C12H15ClFNO2. The van der Waals surface area contributed by atoms with Crippen LogP contribution in [0.5, 0.6) is 0 Å². The van der Waals surface area contributed by atoms with Crippen LogP contribution in [-0.2, 0) is 0 Å². The topological polar surface area (TPSA) is 49.3 Å². The summed E-state index contributed by atoms with van der Waals surface area (Å²) in [6.45, 7) is 3.85. The number of carbonyl (C=O) groups is 1. The Bertz CT molecular complexity index is 421. The van der Waals surface area contributed by atoms with Gasteiger partial charge in [-0.25, -0.2) is 4.39 Å². The smallest absolute Gasteiger partial charge is 0.252 e. The molecule has 0 saturated carbocycles. The second kappa shape index (κ2) is 5.47. The van der Waals surface area contributed by atoms with Crippen molar-refractivity contribution in [3.8, 4) is 0 Å². The predicted octanol–water partition coefficient (Wildman–Crippen LogP) is 2.23. The standard InChI is InChI=1S/C12H15ClFNO2/c1-12(2,7-16)6-15-11(17)8-4-3-5-9(14)10(8)13/h3-5,16H,6-7H2,1-2H3,(H,15,17). The van der Waals surface area contributed by atoms with Crippen LogP contribution in [0.15, 0.2) is 18.2 Å². The van der Waals surface area contributed by atoms with Gasteiger partial charge in [-0.2, -0.15) is 0 Å². The summed E-state index contributed by atoms with van der Waals surface area (Å²) in [5.74, 6) is -1.07. The average molecular weight is 260 g/mol. The lowest BCUT2D eigenvalue weighted by Gasteiger charge is -2.21. The van der Waals surface area contributed by atoms with Crippen molar-refractivity contribution in [2.75, 3.05) is 13.2 Å². The summed E-state index contributed by atoms with van der Waals surface area (Å²) in [6, 6.07) is 4.07. The van der Waals surface area contributed by atoms with E-state index in [1.807, 2.05) is 0 Å². The zero-order chi connectivity index (χ0) is 13.1. The van der Waals surface area contributed by atoms with Gasteiger partial charge in [-0.15, -0.1) is 0 Å². The summed E-state index contributed by atoms with van der Waals surface area (Å²) >= 11 is 5.69. The highest BCUT2D eigenvalue weighted by Gasteiger charge is 2.19. The number of rotatable bonds is 4. The fraction of sp³-hybridized carbons (Fsp3) is 0.417. The van der Waals surface area contributed by atoms with Gasteiger partial charge in [0.1, 0.15) is 5.82 Å². The molecule has 2 N–H and O–H groups in total. The summed E-state index contributed by atoms with van der Waals surface area (Å²) in [4.78, 5) is 11.7. The molecule has 1 aromatic carbocycles. The zero-order valence-electron chi connectivity index (χ0n) is 9.76. The summed E-state index contributed by atoms with van der Waals surface area (Å²) in [6.07, 6.45) is 0. The minimum atomic E-state index is -0.624. The SMILES string of the molecule is CC(C)(CO)CNC(=O)c1cccc(F)c1Cl. The predicted molar refractivity (Wildman–Crippen MR) is 64.6 cm³/mol. The summed E-state index contributed by atoms with van der Waals surface area (Å²) in [5, 5.41) is 11.5. The quantitative estimate of drug-likeness (QED) is 0.871. The Morgan fingerprint density at radius 1 is 1.53 bits per heavy atom. The number of halogens is 2. The Kier molecular flexibility index (Phi) is 4.48. The third-order valence-electron chi connectivity index (χ3n) is 2.35. The second-order valence-corrected chi connectivity index (χ2v) is 4.98. The van der Waals surface area contributed by atoms with Crippen molar-refractivity contribution in [1.82, 2.24) is 5.32 Å². The third-order valence-corrected chi connectivity index (χ3v) is 2.74. The van der Waals surface area contributed by atoms with Gasteiger partial charge >= 0.3 is 0 Å². The lowest BCUT2D eigenvalue weighted by Crippen LogP contribution is -2.36. The normalized spacial score (nSPS) is 11.4. The first kappa shape index (κ1) is 13.9. The molecule has 0 aliphatic rings. The number of amides is 1. The van der Waals surface area contributed by atoms with E-state index in [1.54, 1.807) is 13.8 Å². The largest absolute Gasteiger partial charge is 0.396 e. The van der Waals surface area contributed by atoms with E-state index in [-0.39, 0.29) is 23.7 Å². The molecular weight excluding hydrogens is 245 g/mol. The molecule has 1 rings (SSSR count). The van der Waals surface area contributed by atoms with Crippen molar-refractivity contribution in [2.45, 2.75) is 13.8 Å². The first-order chi connectivity index (χ1) is 7.87. The zero-order valence-corrected chi connectivity index (χ0v) is 10.5. The van der Waals surface area contributed by atoms with Gasteiger partial charge in [-0.05, 0) is 12.1 Å². The average Bonchev–Trinajstić information content (AvgIpc) is 2.30. The monoisotopic (exact) mass is 259 g/mol. The number of carbonyl (C=O) groups excluding carboxylic acids is 1. The lowest BCUT2D eigenvalue weighted by molar-refractivity contribution is 0.0911. The number of hydrogen-bond donors (Lipinski definition) is 2. The summed E-state index contributed by atoms with van der Waals surface area (Å²) in [7, 11) is 0. The molecule has 94 valence electrons. The first-order valence-corrected chi connectivity index (χ1v) is 5.58. The third kappa shape index (κ3) is 3.68. The molecule has 5 heteroatoms. The molecule has 0 unspecified atom stereocenters. The molecule has 0 fully saturated rings. The maximum Gasteiger partial charge on any atom is 0.252 e. The van der Waals surface area contributed by atoms with E-state index in [0.717, 1.165) is 0 Å². The molecule has 0 spiro atoms. The molecule has 0 aliphatic heterocycles. The van der Waals surface area contributed by atoms with Crippen LogP contribution in [0, 0.1) is 11.2 Å². The highest BCUT2D eigenvalue weighted by atomic mass is 35.5. The molecule has 0 heterocycles. The van der Waals surface area contributed by atoms with Crippen molar-refractivity contribution in [1.29, 1.82) is 0 Å². The highest BCUT2D eigenvalue weighted by Crippen LogP contribution is 2.20. The van der Waals surface area contributed by atoms with Crippen LogP contribution in [0.1, 0.15) is 24.2 Å².